The molecule has 2 rings (SSSR count). The highest BCUT2D eigenvalue weighted by Crippen LogP contribution is 2.23. The van der Waals surface area contributed by atoms with Crippen LogP contribution in [-0.2, 0) is 0 Å². The van der Waals surface area contributed by atoms with Crippen LogP contribution in [0.4, 0.5) is 10.1 Å². The van der Waals surface area contributed by atoms with Crippen molar-refractivity contribution in [2.45, 2.75) is 20.8 Å². The van der Waals surface area contributed by atoms with Crippen molar-refractivity contribution in [1.29, 1.82) is 0 Å². The third-order valence-corrected chi connectivity index (χ3v) is 3.25. The number of carbonyl (C=O) groups is 1. The first-order valence-electron chi connectivity index (χ1n) is 6.66. The maximum absolute atomic E-state index is 13.0. The standard InChI is InChI=1S/C15H15ClFN3O2/c1-4-22-15-18-8(2)13(9(3)19-15)20-14(21)11-6-5-10(17)7-12(11)16/h5-7H,4H2,1-3H3,(H,20,21). The van der Waals surface area contributed by atoms with Crippen molar-refractivity contribution in [3.8, 4) is 6.01 Å². The summed E-state index contributed by atoms with van der Waals surface area (Å²) in [4.78, 5) is 20.6. The molecule has 0 unspecified atom stereocenters. The molecule has 0 saturated carbocycles. The molecule has 1 heterocycles. The number of hydrogen-bond donors (Lipinski definition) is 1. The van der Waals surface area contributed by atoms with Crippen molar-refractivity contribution in [1.82, 2.24) is 9.97 Å². The van der Waals surface area contributed by atoms with Gasteiger partial charge < -0.3 is 10.1 Å². The van der Waals surface area contributed by atoms with Gasteiger partial charge in [0.15, 0.2) is 0 Å². The van der Waals surface area contributed by atoms with Crippen LogP contribution in [-0.4, -0.2) is 22.5 Å². The first-order valence-corrected chi connectivity index (χ1v) is 7.04. The normalized spacial score (nSPS) is 10.4. The van der Waals surface area contributed by atoms with Gasteiger partial charge in [0.1, 0.15) is 5.82 Å². The summed E-state index contributed by atoms with van der Waals surface area (Å²) in [7, 11) is 0. The fourth-order valence-electron chi connectivity index (χ4n) is 1.91. The second-order valence-electron chi connectivity index (χ2n) is 4.56. The van der Waals surface area contributed by atoms with Gasteiger partial charge in [-0.25, -0.2) is 4.39 Å². The number of anilines is 1. The van der Waals surface area contributed by atoms with Crippen LogP contribution >= 0.6 is 11.6 Å². The molecule has 116 valence electrons. The number of aromatic nitrogens is 2. The van der Waals surface area contributed by atoms with Crippen LogP contribution in [0.15, 0.2) is 18.2 Å². The van der Waals surface area contributed by atoms with Gasteiger partial charge >= 0.3 is 6.01 Å². The number of amides is 1. The second-order valence-corrected chi connectivity index (χ2v) is 4.97. The number of halogens is 2. The molecular weight excluding hydrogens is 309 g/mol. The van der Waals surface area contributed by atoms with E-state index in [0.29, 0.717) is 23.7 Å². The zero-order chi connectivity index (χ0) is 16.3. The van der Waals surface area contributed by atoms with Gasteiger partial charge in [0.25, 0.3) is 5.91 Å². The molecule has 5 nitrogen and oxygen atoms in total. The molecule has 1 amide bonds. The predicted molar refractivity (Wildman–Crippen MR) is 82.0 cm³/mol. The number of aryl methyl sites for hydroxylation is 2. The van der Waals surface area contributed by atoms with Crippen molar-refractivity contribution in [2.75, 3.05) is 11.9 Å². The molecule has 0 radical (unpaired) electrons. The summed E-state index contributed by atoms with van der Waals surface area (Å²) in [5, 5.41) is 2.74. The third-order valence-electron chi connectivity index (χ3n) is 2.94. The monoisotopic (exact) mass is 323 g/mol. The quantitative estimate of drug-likeness (QED) is 0.934. The summed E-state index contributed by atoms with van der Waals surface area (Å²) in [6.45, 7) is 5.76. The zero-order valence-electron chi connectivity index (χ0n) is 12.4. The smallest absolute Gasteiger partial charge is 0.316 e. The lowest BCUT2D eigenvalue weighted by atomic mass is 10.2. The Kier molecular flexibility index (Phi) is 4.92. The Hall–Kier alpha value is -2.21. The van der Waals surface area contributed by atoms with E-state index in [1.54, 1.807) is 13.8 Å². The number of benzene rings is 1. The zero-order valence-corrected chi connectivity index (χ0v) is 13.2. The van der Waals surface area contributed by atoms with Crippen molar-refractivity contribution >= 4 is 23.2 Å². The van der Waals surface area contributed by atoms with E-state index in [-0.39, 0.29) is 16.6 Å². The van der Waals surface area contributed by atoms with E-state index in [1.807, 2.05) is 6.92 Å². The van der Waals surface area contributed by atoms with Crippen LogP contribution < -0.4 is 10.1 Å². The van der Waals surface area contributed by atoms with E-state index in [4.69, 9.17) is 16.3 Å². The highest BCUT2D eigenvalue weighted by atomic mass is 35.5. The van der Waals surface area contributed by atoms with Gasteiger partial charge in [-0.2, -0.15) is 9.97 Å². The average Bonchev–Trinajstić information content (AvgIpc) is 2.43. The summed E-state index contributed by atoms with van der Waals surface area (Å²) >= 11 is 5.88. The molecule has 7 heteroatoms. The van der Waals surface area contributed by atoms with E-state index in [1.165, 1.54) is 12.1 Å². The summed E-state index contributed by atoms with van der Waals surface area (Å²) in [6.07, 6.45) is 0. The van der Waals surface area contributed by atoms with Crippen molar-refractivity contribution in [2.24, 2.45) is 0 Å². The maximum atomic E-state index is 13.0. The fourth-order valence-corrected chi connectivity index (χ4v) is 2.17. The number of ether oxygens (including phenoxy) is 1. The molecule has 0 atom stereocenters. The molecule has 0 fully saturated rings. The summed E-state index contributed by atoms with van der Waals surface area (Å²) < 4.78 is 18.3. The molecule has 0 aliphatic carbocycles. The SMILES string of the molecule is CCOc1nc(C)c(NC(=O)c2ccc(F)cc2Cl)c(C)n1. The Labute approximate surface area is 132 Å². The van der Waals surface area contributed by atoms with Crippen molar-refractivity contribution in [3.05, 3.63) is 46.0 Å². The molecule has 0 spiro atoms. The lowest BCUT2D eigenvalue weighted by Gasteiger charge is -2.12. The van der Waals surface area contributed by atoms with E-state index in [9.17, 15) is 9.18 Å². The van der Waals surface area contributed by atoms with E-state index in [2.05, 4.69) is 15.3 Å². The number of carbonyl (C=O) groups excluding carboxylic acids is 1. The molecule has 1 N–H and O–H groups in total. The second kappa shape index (κ2) is 6.70. The largest absolute Gasteiger partial charge is 0.464 e. The Morgan fingerprint density at radius 2 is 1.95 bits per heavy atom. The van der Waals surface area contributed by atoms with E-state index in [0.717, 1.165) is 6.07 Å². The Bertz CT molecular complexity index is 699. The van der Waals surface area contributed by atoms with Crippen LogP contribution in [0, 0.1) is 19.7 Å². The lowest BCUT2D eigenvalue weighted by Crippen LogP contribution is -2.16. The highest BCUT2D eigenvalue weighted by Gasteiger charge is 2.16. The first-order chi connectivity index (χ1) is 10.4. The van der Waals surface area contributed by atoms with Gasteiger partial charge in [-0.05, 0) is 39.0 Å². The third kappa shape index (κ3) is 3.51. The molecule has 0 saturated heterocycles. The summed E-state index contributed by atoms with van der Waals surface area (Å²) in [5.74, 6) is -0.956. The van der Waals surface area contributed by atoms with Gasteiger partial charge in [0.2, 0.25) is 0 Å². The average molecular weight is 324 g/mol. The van der Waals surface area contributed by atoms with Crippen LogP contribution in [0.2, 0.25) is 5.02 Å². The lowest BCUT2D eigenvalue weighted by molar-refractivity contribution is 0.102. The van der Waals surface area contributed by atoms with Gasteiger partial charge in [-0.1, -0.05) is 11.6 Å². The van der Waals surface area contributed by atoms with E-state index < -0.39 is 11.7 Å². The van der Waals surface area contributed by atoms with Crippen molar-refractivity contribution in [3.63, 3.8) is 0 Å². The Balaban J connectivity index is 2.28. The molecule has 1 aromatic carbocycles. The Morgan fingerprint density at radius 3 is 2.50 bits per heavy atom. The molecule has 2 aromatic rings. The number of rotatable bonds is 4. The van der Waals surface area contributed by atoms with Crippen molar-refractivity contribution < 1.29 is 13.9 Å². The van der Waals surface area contributed by atoms with E-state index >= 15 is 0 Å². The molecule has 0 aliphatic heterocycles. The van der Waals surface area contributed by atoms with Gasteiger partial charge in [0, 0.05) is 0 Å². The number of nitrogens with one attached hydrogen (secondary N) is 1. The molecule has 22 heavy (non-hydrogen) atoms. The number of hydrogen-bond acceptors (Lipinski definition) is 4. The first kappa shape index (κ1) is 16.2. The van der Waals surface area contributed by atoms with Crippen LogP contribution in [0.25, 0.3) is 0 Å². The summed E-state index contributed by atoms with van der Waals surface area (Å²) in [6, 6.07) is 3.85. The molecular formula is C15H15ClFN3O2. The topological polar surface area (TPSA) is 64.1 Å². The maximum Gasteiger partial charge on any atom is 0.316 e. The summed E-state index contributed by atoms with van der Waals surface area (Å²) in [5.41, 5.74) is 1.80. The van der Waals surface area contributed by atoms with Crippen LogP contribution in [0.1, 0.15) is 28.7 Å². The van der Waals surface area contributed by atoms with Crippen LogP contribution in [0.5, 0.6) is 6.01 Å². The van der Waals surface area contributed by atoms with Crippen LogP contribution in [0.3, 0.4) is 0 Å². The highest BCUT2D eigenvalue weighted by molar-refractivity contribution is 6.34. The predicted octanol–water partition coefficient (Wildman–Crippen LogP) is 3.54. The fraction of sp³-hybridized carbons (Fsp3) is 0.267. The minimum Gasteiger partial charge on any atom is -0.464 e. The molecule has 0 bridgehead atoms. The minimum atomic E-state index is -0.502. The van der Waals surface area contributed by atoms with Gasteiger partial charge in [0.05, 0.1) is 34.3 Å². The van der Waals surface area contributed by atoms with Gasteiger partial charge in [-0.3, -0.25) is 4.79 Å². The molecule has 1 aromatic heterocycles. The molecule has 0 aliphatic rings. The van der Waals surface area contributed by atoms with Gasteiger partial charge in [-0.15, -0.1) is 0 Å². The number of nitrogens with zero attached hydrogens (tertiary/aromatic N) is 2. The Morgan fingerprint density at radius 1 is 1.32 bits per heavy atom. The minimum absolute atomic E-state index is 0.0414.